The summed E-state index contributed by atoms with van der Waals surface area (Å²) < 4.78 is 5.74. The maximum atomic E-state index is 5.74. The molecule has 1 aromatic carbocycles. The lowest BCUT2D eigenvalue weighted by Crippen LogP contribution is -2.38. The molecule has 0 aliphatic heterocycles. The molecule has 0 spiro atoms. The molecule has 0 amide bonds. The lowest BCUT2D eigenvalue weighted by atomic mass is 10.2. The zero-order valence-electron chi connectivity index (χ0n) is 13.2. The standard InChI is InChI=1S/C17H27N3O/c1-3-5-11-21-16-8-6-7-14(12-16)13-19-17(18-4-2)20-15-9-10-15/h6-8,12,15H,3-5,9-11,13H2,1-2H3,(H2,18,19,20). The molecule has 0 bridgehead atoms. The van der Waals surface area contributed by atoms with Crippen LogP contribution in [-0.2, 0) is 6.54 Å². The number of aliphatic imine (C=N–C) groups is 1. The molecule has 116 valence electrons. The summed E-state index contributed by atoms with van der Waals surface area (Å²) >= 11 is 0. The lowest BCUT2D eigenvalue weighted by molar-refractivity contribution is 0.309. The van der Waals surface area contributed by atoms with Crippen molar-refractivity contribution in [2.24, 2.45) is 4.99 Å². The minimum absolute atomic E-state index is 0.617. The second-order valence-electron chi connectivity index (χ2n) is 5.46. The molecular weight excluding hydrogens is 262 g/mol. The molecule has 1 fully saturated rings. The Morgan fingerprint density at radius 1 is 1.33 bits per heavy atom. The Balaban J connectivity index is 1.89. The molecule has 0 unspecified atom stereocenters. The van der Waals surface area contributed by atoms with Gasteiger partial charge < -0.3 is 15.4 Å². The third-order valence-electron chi connectivity index (χ3n) is 3.35. The fourth-order valence-corrected chi connectivity index (χ4v) is 1.98. The van der Waals surface area contributed by atoms with Crippen LogP contribution in [0.3, 0.4) is 0 Å². The van der Waals surface area contributed by atoms with E-state index in [1.54, 1.807) is 0 Å². The van der Waals surface area contributed by atoms with Crippen molar-refractivity contribution in [3.8, 4) is 5.75 Å². The van der Waals surface area contributed by atoms with E-state index in [9.17, 15) is 0 Å². The summed E-state index contributed by atoms with van der Waals surface area (Å²) in [5, 5.41) is 6.71. The number of ether oxygens (including phenoxy) is 1. The highest BCUT2D eigenvalue weighted by Crippen LogP contribution is 2.18. The van der Waals surface area contributed by atoms with Gasteiger partial charge in [-0.3, -0.25) is 0 Å². The van der Waals surface area contributed by atoms with Crippen LogP contribution in [0.5, 0.6) is 5.75 Å². The van der Waals surface area contributed by atoms with Crippen molar-refractivity contribution in [2.75, 3.05) is 13.2 Å². The molecule has 4 heteroatoms. The summed E-state index contributed by atoms with van der Waals surface area (Å²) in [6.45, 7) is 6.61. The molecule has 1 aliphatic rings. The summed E-state index contributed by atoms with van der Waals surface area (Å²) in [5.74, 6) is 1.86. The van der Waals surface area contributed by atoms with E-state index >= 15 is 0 Å². The summed E-state index contributed by atoms with van der Waals surface area (Å²) in [4.78, 5) is 4.64. The highest BCUT2D eigenvalue weighted by Gasteiger charge is 2.21. The van der Waals surface area contributed by atoms with Crippen LogP contribution in [0.2, 0.25) is 0 Å². The third kappa shape index (κ3) is 6.06. The van der Waals surface area contributed by atoms with E-state index in [-0.39, 0.29) is 0 Å². The summed E-state index contributed by atoms with van der Waals surface area (Å²) in [6, 6.07) is 8.84. The van der Waals surface area contributed by atoms with Crippen LogP contribution >= 0.6 is 0 Å². The number of benzene rings is 1. The Labute approximate surface area is 128 Å². The number of hydrogen-bond acceptors (Lipinski definition) is 2. The second-order valence-corrected chi connectivity index (χ2v) is 5.46. The molecular formula is C17H27N3O. The summed E-state index contributed by atoms with van der Waals surface area (Å²) in [6.07, 6.45) is 4.76. The molecule has 0 aromatic heterocycles. The smallest absolute Gasteiger partial charge is 0.191 e. The molecule has 1 aliphatic carbocycles. The van der Waals surface area contributed by atoms with Gasteiger partial charge in [-0.05, 0) is 43.9 Å². The predicted octanol–water partition coefficient (Wildman–Crippen LogP) is 3.08. The first kappa shape index (κ1) is 15.7. The van der Waals surface area contributed by atoms with E-state index in [2.05, 4.69) is 41.6 Å². The van der Waals surface area contributed by atoms with E-state index in [0.717, 1.165) is 37.7 Å². The van der Waals surface area contributed by atoms with Crippen LogP contribution < -0.4 is 15.4 Å². The molecule has 0 saturated heterocycles. The number of nitrogens with one attached hydrogen (secondary N) is 2. The van der Waals surface area contributed by atoms with Crippen LogP contribution in [0.4, 0.5) is 0 Å². The molecule has 0 radical (unpaired) electrons. The van der Waals surface area contributed by atoms with Crippen molar-refractivity contribution >= 4 is 5.96 Å². The zero-order valence-corrected chi connectivity index (χ0v) is 13.2. The van der Waals surface area contributed by atoms with Gasteiger partial charge >= 0.3 is 0 Å². The van der Waals surface area contributed by atoms with Crippen molar-refractivity contribution < 1.29 is 4.74 Å². The van der Waals surface area contributed by atoms with E-state index in [1.165, 1.54) is 18.4 Å². The average molecular weight is 289 g/mol. The van der Waals surface area contributed by atoms with E-state index in [1.807, 2.05) is 12.1 Å². The minimum atomic E-state index is 0.617. The highest BCUT2D eigenvalue weighted by atomic mass is 16.5. The van der Waals surface area contributed by atoms with Crippen molar-refractivity contribution in [1.29, 1.82) is 0 Å². The topological polar surface area (TPSA) is 45.6 Å². The van der Waals surface area contributed by atoms with Gasteiger partial charge in [0.15, 0.2) is 5.96 Å². The van der Waals surface area contributed by atoms with Gasteiger partial charge in [-0.25, -0.2) is 4.99 Å². The first-order valence-corrected chi connectivity index (χ1v) is 8.08. The van der Waals surface area contributed by atoms with Gasteiger partial charge in [0.1, 0.15) is 5.75 Å². The number of hydrogen-bond donors (Lipinski definition) is 2. The largest absolute Gasteiger partial charge is 0.494 e. The highest BCUT2D eigenvalue weighted by molar-refractivity contribution is 5.80. The van der Waals surface area contributed by atoms with Gasteiger partial charge in [0.25, 0.3) is 0 Å². The number of unbranched alkanes of at least 4 members (excludes halogenated alkanes) is 1. The van der Waals surface area contributed by atoms with Gasteiger partial charge in [-0.1, -0.05) is 25.5 Å². The van der Waals surface area contributed by atoms with E-state index in [4.69, 9.17) is 4.74 Å². The van der Waals surface area contributed by atoms with Crippen LogP contribution in [0.1, 0.15) is 45.1 Å². The third-order valence-corrected chi connectivity index (χ3v) is 3.35. The molecule has 21 heavy (non-hydrogen) atoms. The van der Waals surface area contributed by atoms with Gasteiger partial charge in [-0.15, -0.1) is 0 Å². The monoisotopic (exact) mass is 289 g/mol. The van der Waals surface area contributed by atoms with E-state index in [0.29, 0.717) is 12.6 Å². The minimum Gasteiger partial charge on any atom is -0.494 e. The Morgan fingerprint density at radius 3 is 2.90 bits per heavy atom. The molecule has 1 aromatic rings. The first-order chi connectivity index (χ1) is 10.3. The van der Waals surface area contributed by atoms with Crippen LogP contribution in [-0.4, -0.2) is 25.2 Å². The molecule has 4 nitrogen and oxygen atoms in total. The lowest BCUT2D eigenvalue weighted by Gasteiger charge is -2.10. The van der Waals surface area contributed by atoms with Crippen molar-refractivity contribution in [3.05, 3.63) is 29.8 Å². The second kappa shape index (κ2) is 8.55. The number of rotatable bonds is 8. The van der Waals surface area contributed by atoms with Crippen LogP contribution in [0, 0.1) is 0 Å². The Kier molecular flexibility index (Phi) is 6.38. The Morgan fingerprint density at radius 2 is 2.19 bits per heavy atom. The van der Waals surface area contributed by atoms with Gasteiger partial charge in [0.2, 0.25) is 0 Å². The van der Waals surface area contributed by atoms with Gasteiger partial charge in [-0.2, -0.15) is 0 Å². The Hall–Kier alpha value is -1.71. The average Bonchev–Trinajstić information content (AvgIpc) is 3.30. The fourth-order valence-electron chi connectivity index (χ4n) is 1.98. The van der Waals surface area contributed by atoms with Crippen LogP contribution in [0.15, 0.2) is 29.3 Å². The van der Waals surface area contributed by atoms with Gasteiger partial charge in [0, 0.05) is 12.6 Å². The normalized spacial score (nSPS) is 14.9. The maximum Gasteiger partial charge on any atom is 0.191 e. The van der Waals surface area contributed by atoms with Crippen molar-refractivity contribution in [1.82, 2.24) is 10.6 Å². The zero-order chi connectivity index (χ0) is 14.9. The molecule has 2 N–H and O–H groups in total. The number of guanidine groups is 1. The molecule has 0 atom stereocenters. The molecule has 2 rings (SSSR count). The summed E-state index contributed by atoms with van der Waals surface area (Å²) in [7, 11) is 0. The van der Waals surface area contributed by atoms with Crippen LogP contribution in [0.25, 0.3) is 0 Å². The predicted molar refractivity (Wildman–Crippen MR) is 87.8 cm³/mol. The summed E-state index contributed by atoms with van der Waals surface area (Å²) in [5.41, 5.74) is 1.18. The SMILES string of the molecule is CCCCOc1cccc(CN=C(NCC)NC2CC2)c1. The molecule has 0 heterocycles. The maximum absolute atomic E-state index is 5.74. The molecule has 1 saturated carbocycles. The Bertz CT molecular complexity index is 455. The number of nitrogens with zero attached hydrogens (tertiary/aromatic N) is 1. The first-order valence-electron chi connectivity index (χ1n) is 8.08. The van der Waals surface area contributed by atoms with Crippen molar-refractivity contribution in [3.63, 3.8) is 0 Å². The fraction of sp³-hybridized carbons (Fsp3) is 0.588. The quantitative estimate of drug-likeness (QED) is 0.439. The van der Waals surface area contributed by atoms with Crippen molar-refractivity contribution in [2.45, 2.75) is 52.1 Å². The van der Waals surface area contributed by atoms with E-state index < -0.39 is 0 Å². The van der Waals surface area contributed by atoms with Gasteiger partial charge in [0.05, 0.1) is 13.2 Å².